The van der Waals surface area contributed by atoms with Crippen molar-refractivity contribution in [3.63, 3.8) is 0 Å². The van der Waals surface area contributed by atoms with Gasteiger partial charge in [-0.15, -0.1) is 0 Å². The van der Waals surface area contributed by atoms with Gasteiger partial charge in [-0.2, -0.15) is 0 Å². The Morgan fingerprint density at radius 2 is 1.87 bits per heavy atom. The molecule has 1 heterocycles. The quantitative estimate of drug-likeness (QED) is 0.539. The Balaban J connectivity index is 1.56. The molecule has 1 N–H and O–H groups in total. The maximum atomic E-state index is 12.5. The average Bonchev–Trinajstić information content (AvgIpc) is 3.24. The van der Waals surface area contributed by atoms with E-state index < -0.39 is 0 Å². The lowest BCUT2D eigenvalue weighted by atomic mass is 10.1. The number of hydrogen-bond donors (Lipinski definition) is 1. The highest BCUT2D eigenvalue weighted by atomic mass is 16.2. The minimum atomic E-state index is -0.234. The maximum Gasteiger partial charge on any atom is 0.254 e. The minimum absolute atomic E-state index is 0.159. The second-order valence-electron chi connectivity index (χ2n) is 6.95. The molecule has 0 spiro atoms. The molecule has 0 saturated carbocycles. The van der Waals surface area contributed by atoms with E-state index >= 15 is 0 Å². The third kappa shape index (κ3) is 5.79. The first-order valence-corrected chi connectivity index (χ1v) is 10.1. The van der Waals surface area contributed by atoms with E-state index in [4.69, 9.17) is 0 Å². The molecule has 0 unspecified atom stereocenters. The Kier molecular flexibility index (Phi) is 7.54. The standard InChI is InChI=1S/C25H26N4O2/c1-3-16-29(24(30)4-2)22-12-10-21(11-13-22)25(31)27-15-14-23-17-26-19-28(23)18-20-8-6-5-7-9-20/h3-13,16-17,19H,2,14-15,18H2,1H3,(H,27,31)/b16-3-. The van der Waals surface area contributed by atoms with Gasteiger partial charge in [-0.25, -0.2) is 4.98 Å². The number of anilines is 1. The van der Waals surface area contributed by atoms with Gasteiger partial charge in [0.25, 0.3) is 11.8 Å². The minimum Gasteiger partial charge on any atom is -0.352 e. The van der Waals surface area contributed by atoms with E-state index in [-0.39, 0.29) is 11.8 Å². The largest absolute Gasteiger partial charge is 0.352 e. The highest BCUT2D eigenvalue weighted by Crippen LogP contribution is 2.17. The fraction of sp³-hybridized carbons (Fsp3) is 0.160. The Bertz CT molecular complexity index is 1050. The summed E-state index contributed by atoms with van der Waals surface area (Å²) in [7, 11) is 0. The van der Waals surface area contributed by atoms with Crippen LogP contribution in [0.15, 0.2) is 92.1 Å². The normalized spacial score (nSPS) is 10.7. The highest BCUT2D eigenvalue weighted by Gasteiger charge is 2.11. The van der Waals surface area contributed by atoms with Crippen molar-refractivity contribution in [3.8, 4) is 0 Å². The predicted octanol–water partition coefficient (Wildman–Crippen LogP) is 3.96. The molecule has 6 heteroatoms. The van der Waals surface area contributed by atoms with Gasteiger partial charge in [0.15, 0.2) is 0 Å². The maximum absolute atomic E-state index is 12.5. The number of aromatic nitrogens is 2. The molecule has 0 radical (unpaired) electrons. The lowest BCUT2D eigenvalue weighted by molar-refractivity contribution is -0.113. The molecule has 0 saturated heterocycles. The van der Waals surface area contributed by atoms with E-state index in [0.717, 1.165) is 12.2 Å². The second-order valence-corrected chi connectivity index (χ2v) is 6.95. The smallest absolute Gasteiger partial charge is 0.254 e. The summed E-state index contributed by atoms with van der Waals surface area (Å²) < 4.78 is 2.09. The molecule has 0 fully saturated rings. The summed E-state index contributed by atoms with van der Waals surface area (Å²) in [4.78, 5) is 30.2. The molecule has 0 aliphatic heterocycles. The zero-order valence-electron chi connectivity index (χ0n) is 17.6. The van der Waals surface area contributed by atoms with Crippen LogP contribution in [-0.4, -0.2) is 27.9 Å². The van der Waals surface area contributed by atoms with Crippen molar-refractivity contribution >= 4 is 17.5 Å². The zero-order chi connectivity index (χ0) is 22.1. The molecule has 6 nitrogen and oxygen atoms in total. The van der Waals surface area contributed by atoms with Gasteiger partial charge < -0.3 is 9.88 Å². The van der Waals surface area contributed by atoms with Gasteiger partial charge in [-0.1, -0.05) is 43.0 Å². The van der Waals surface area contributed by atoms with Crippen LogP contribution >= 0.6 is 0 Å². The first-order valence-electron chi connectivity index (χ1n) is 10.1. The van der Waals surface area contributed by atoms with E-state index in [1.165, 1.54) is 16.5 Å². The topological polar surface area (TPSA) is 67.2 Å². The number of carbonyl (C=O) groups is 2. The molecule has 158 valence electrons. The van der Waals surface area contributed by atoms with Crippen LogP contribution in [0.2, 0.25) is 0 Å². The molecular formula is C25H26N4O2. The summed E-state index contributed by atoms with van der Waals surface area (Å²) in [6.45, 7) is 6.60. The molecule has 3 rings (SSSR count). The lowest BCUT2D eigenvalue weighted by Gasteiger charge is -2.17. The fourth-order valence-corrected chi connectivity index (χ4v) is 3.19. The first-order chi connectivity index (χ1) is 15.1. The predicted molar refractivity (Wildman–Crippen MR) is 123 cm³/mol. The number of amides is 2. The number of nitrogens with zero attached hydrogens (tertiary/aromatic N) is 3. The van der Waals surface area contributed by atoms with Crippen LogP contribution in [0, 0.1) is 0 Å². The summed E-state index contributed by atoms with van der Waals surface area (Å²) in [5.41, 5.74) is 3.47. The summed E-state index contributed by atoms with van der Waals surface area (Å²) in [5, 5.41) is 2.95. The molecule has 0 aliphatic carbocycles. The second kappa shape index (κ2) is 10.7. The van der Waals surface area contributed by atoms with Crippen molar-refractivity contribution in [1.82, 2.24) is 14.9 Å². The van der Waals surface area contributed by atoms with Crippen LogP contribution in [0.4, 0.5) is 5.69 Å². The van der Waals surface area contributed by atoms with Crippen LogP contribution in [-0.2, 0) is 17.8 Å². The van der Waals surface area contributed by atoms with Crippen molar-refractivity contribution in [2.75, 3.05) is 11.4 Å². The molecule has 1 aromatic heterocycles. The van der Waals surface area contributed by atoms with Gasteiger partial charge >= 0.3 is 0 Å². The van der Waals surface area contributed by atoms with Crippen LogP contribution < -0.4 is 10.2 Å². The summed E-state index contributed by atoms with van der Waals surface area (Å²) in [6, 6.07) is 17.1. The molecule has 3 aromatic rings. The van der Waals surface area contributed by atoms with Crippen molar-refractivity contribution in [3.05, 3.63) is 109 Å². The van der Waals surface area contributed by atoms with Crippen LogP contribution in [0.3, 0.4) is 0 Å². The van der Waals surface area contributed by atoms with Gasteiger partial charge in [-0.3, -0.25) is 14.5 Å². The molecule has 0 bridgehead atoms. The van der Waals surface area contributed by atoms with Gasteiger partial charge in [-0.05, 0) is 42.8 Å². The number of rotatable bonds is 9. The van der Waals surface area contributed by atoms with Crippen molar-refractivity contribution in [2.45, 2.75) is 19.9 Å². The van der Waals surface area contributed by atoms with Crippen molar-refractivity contribution < 1.29 is 9.59 Å². The molecule has 2 amide bonds. The summed E-state index contributed by atoms with van der Waals surface area (Å²) in [5.74, 6) is -0.393. The van der Waals surface area contributed by atoms with Crippen LogP contribution in [0.5, 0.6) is 0 Å². The number of carbonyl (C=O) groups excluding carboxylic acids is 2. The summed E-state index contributed by atoms with van der Waals surface area (Å²) in [6.07, 6.45) is 9.01. The van der Waals surface area contributed by atoms with Crippen molar-refractivity contribution in [2.24, 2.45) is 0 Å². The highest BCUT2D eigenvalue weighted by molar-refractivity contribution is 6.03. The first kappa shape index (κ1) is 21.8. The molecule has 0 aliphatic rings. The van der Waals surface area contributed by atoms with E-state index in [9.17, 15) is 9.59 Å². The Morgan fingerprint density at radius 1 is 1.13 bits per heavy atom. The van der Waals surface area contributed by atoms with E-state index in [0.29, 0.717) is 24.2 Å². The number of hydrogen-bond acceptors (Lipinski definition) is 3. The third-order valence-corrected chi connectivity index (χ3v) is 4.78. The van der Waals surface area contributed by atoms with Gasteiger partial charge in [0.1, 0.15) is 0 Å². The Morgan fingerprint density at radius 3 is 2.55 bits per heavy atom. The number of imidazole rings is 1. The van der Waals surface area contributed by atoms with Crippen LogP contribution in [0.1, 0.15) is 28.5 Å². The average molecular weight is 415 g/mol. The SMILES string of the molecule is C=CC(=O)N(/C=C\C)c1ccc(C(=O)NCCc2cncn2Cc2ccccc2)cc1. The molecule has 2 aromatic carbocycles. The van der Waals surface area contributed by atoms with E-state index in [1.54, 1.807) is 36.5 Å². The van der Waals surface area contributed by atoms with E-state index in [1.807, 2.05) is 37.6 Å². The van der Waals surface area contributed by atoms with Gasteiger partial charge in [0.2, 0.25) is 0 Å². The Labute approximate surface area is 182 Å². The molecule has 0 atom stereocenters. The van der Waals surface area contributed by atoms with Crippen LogP contribution in [0.25, 0.3) is 0 Å². The monoisotopic (exact) mass is 414 g/mol. The van der Waals surface area contributed by atoms with Gasteiger partial charge in [0.05, 0.1) is 6.33 Å². The van der Waals surface area contributed by atoms with Gasteiger partial charge in [0, 0.05) is 48.9 Å². The lowest BCUT2D eigenvalue weighted by Crippen LogP contribution is -2.26. The number of allylic oxidation sites excluding steroid dienone is 1. The zero-order valence-corrected chi connectivity index (χ0v) is 17.6. The fourth-order valence-electron chi connectivity index (χ4n) is 3.19. The molecular weight excluding hydrogens is 388 g/mol. The van der Waals surface area contributed by atoms with E-state index in [2.05, 4.69) is 33.6 Å². The number of benzene rings is 2. The third-order valence-electron chi connectivity index (χ3n) is 4.78. The van der Waals surface area contributed by atoms with Crippen molar-refractivity contribution in [1.29, 1.82) is 0 Å². The summed E-state index contributed by atoms with van der Waals surface area (Å²) >= 11 is 0. The Hall–Kier alpha value is -3.93. The number of nitrogens with one attached hydrogen (secondary N) is 1. The molecule has 31 heavy (non-hydrogen) atoms.